The lowest BCUT2D eigenvalue weighted by Crippen LogP contribution is -2.41. The van der Waals surface area contributed by atoms with E-state index >= 15 is 0 Å². The van der Waals surface area contributed by atoms with E-state index in [9.17, 15) is 9.59 Å². The maximum absolute atomic E-state index is 12.5. The first kappa shape index (κ1) is 18.9. The number of rotatable bonds is 5. The molecular weight excluding hydrogens is 372 g/mol. The average Bonchev–Trinajstić information content (AvgIpc) is 3.10. The van der Waals surface area contributed by atoms with Gasteiger partial charge in [0.05, 0.1) is 29.7 Å². The number of aromatic nitrogens is 1. The highest BCUT2D eigenvalue weighted by molar-refractivity contribution is 7.13. The third-order valence-corrected chi connectivity index (χ3v) is 5.71. The van der Waals surface area contributed by atoms with E-state index in [0.717, 1.165) is 16.3 Å². The molecule has 2 aromatic rings. The first-order chi connectivity index (χ1) is 12.6. The largest absolute Gasteiger partial charge is 0.466 e. The smallest absolute Gasteiger partial charge is 0.309 e. The second-order valence-corrected chi connectivity index (χ2v) is 7.47. The molecule has 138 valence electrons. The van der Waals surface area contributed by atoms with E-state index in [-0.39, 0.29) is 24.2 Å². The van der Waals surface area contributed by atoms with Crippen molar-refractivity contribution in [3.05, 3.63) is 40.4 Å². The van der Waals surface area contributed by atoms with E-state index in [2.05, 4.69) is 4.98 Å². The molecular formula is C19H21ClN2O3S. The lowest BCUT2D eigenvalue weighted by molar-refractivity contribution is -0.151. The predicted octanol–water partition coefficient (Wildman–Crippen LogP) is 3.81. The summed E-state index contributed by atoms with van der Waals surface area (Å²) in [4.78, 5) is 30.7. The molecule has 0 radical (unpaired) electrons. The van der Waals surface area contributed by atoms with Crippen molar-refractivity contribution in [2.75, 3.05) is 19.7 Å². The third-order valence-electron chi connectivity index (χ3n) is 4.46. The summed E-state index contributed by atoms with van der Waals surface area (Å²) in [6.07, 6.45) is 1.59. The Bertz CT molecular complexity index is 785. The number of benzene rings is 1. The van der Waals surface area contributed by atoms with Crippen LogP contribution in [0, 0.1) is 5.92 Å². The Balaban J connectivity index is 1.56. The number of carbonyl (C=O) groups excluding carboxylic acids is 2. The number of likely N-dealkylation sites (tertiary alicyclic amines) is 1. The van der Waals surface area contributed by atoms with Gasteiger partial charge in [-0.15, -0.1) is 11.3 Å². The lowest BCUT2D eigenvalue weighted by atomic mass is 9.97. The normalized spacial score (nSPS) is 15.1. The van der Waals surface area contributed by atoms with Crippen LogP contribution in [-0.4, -0.2) is 41.5 Å². The van der Waals surface area contributed by atoms with Gasteiger partial charge in [0.25, 0.3) is 0 Å². The van der Waals surface area contributed by atoms with Crippen molar-refractivity contribution in [2.45, 2.75) is 26.2 Å². The molecule has 1 aromatic carbocycles. The van der Waals surface area contributed by atoms with Crippen LogP contribution in [0.15, 0.2) is 29.6 Å². The van der Waals surface area contributed by atoms with Crippen LogP contribution in [0.3, 0.4) is 0 Å². The molecule has 1 aliphatic rings. The molecule has 1 amide bonds. The Morgan fingerprint density at radius 2 is 2.04 bits per heavy atom. The van der Waals surface area contributed by atoms with Crippen LogP contribution in [-0.2, 0) is 20.7 Å². The third kappa shape index (κ3) is 4.43. The maximum Gasteiger partial charge on any atom is 0.309 e. The number of halogens is 1. The average molecular weight is 393 g/mol. The van der Waals surface area contributed by atoms with Gasteiger partial charge in [0.1, 0.15) is 5.01 Å². The standard InChI is InChI=1S/C19H21ClN2O3S/c1-2-25-19(24)13-7-9-22(10-8-13)17(23)11-14-12-26-18(21-14)15-5-3-4-6-16(15)20/h3-6,12-13H,2,7-11H2,1H3. The molecule has 0 saturated carbocycles. The number of hydrogen-bond acceptors (Lipinski definition) is 5. The van der Waals surface area contributed by atoms with Crippen molar-refractivity contribution >= 4 is 34.8 Å². The summed E-state index contributed by atoms with van der Waals surface area (Å²) < 4.78 is 5.07. The minimum absolute atomic E-state index is 0.0447. The lowest BCUT2D eigenvalue weighted by Gasteiger charge is -2.30. The van der Waals surface area contributed by atoms with Gasteiger partial charge in [0.2, 0.25) is 5.91 Å². The van der Waals surface area contributed by atoms with Crippen LogP contribution in [0.4, 0.5) is 0 Å². The summed E-state index contributed by atoms with van der Waals surface area (Å²) in [5.41, 5.74) is 1.63. The molecule has 1 aromatic heterocycles. The molecule has 1 aliphatic heterocycles. The van der Waals surface area contributed by atoms with Gasteiger partial charge in [0, 0.05) is 24.0 Å². The van der Waals surface area contributed by atoms with Gasteiger partial charge >= 0.3 is 5.97 Å². The van der Waals surface area contributed by atoms with Crippen LogP contribution in [0.1, 0.15) is 25.5 Å². The monoisotopic (exact) mass is 392 g/mol. The van der Waals surface area contributed by atoms with E-state index in [1.807, 2.05) is 34.5 Å². The summed E-state index contributed by atoms with van der Waals surface area (Å²) in [7, 11) is 0. The first-order valence-electron chi connectivity index (χ1n) is 8.72. The minimum atomic E-state index is -0.150. The molecule has 5 nitrogen and oxygen atoms in total. The zero-order valence-corrected chi connectivity index (χ0v) is 16.2. The van der Waals surface area contributed by atoms with Crippen LogP contribution in [0.2, 0.25) is 5.02 Å². The number of carbonyl (C=O) groups is 2. The fraction of sp³-hybridized carbons (Fsp3) is 0.421. The second-order valence-electron chi connectivity index (χ2n) is 6.21. The quantitative estimate of drug-likeness (QED) is 0.726. The Morgan fingerprint density at radius 3 is 2.73 bits per heavy atom. The number of amides is 1. The summed E-state index contributed by atoms with van der Waals surface area (Å²) in [6, 6.07) is 7.55. The highest BCUT2D eigenvalue weighted by atomic mass is 35.5. The molecule has 0 N–H and O–H groups in total. The van der Waals surface area contributed by atoms with E-state index in [1.54, 1.807) is 6.92 Å². The fourth-order valence-electron chi connectivity index (χ4n) is 3.04. The molecule has 0 unspecified atom stereocenters. The Morgan fingerprint density at radius 1 is 1.31 bits per heavy atom. The number of thiazole rings is 1. The van der Waals surface area contributed by atoms with Crippen LogP contribution in [0.5, 0.6) is 0 Å². The van der Waals surface area contributed by atoms with Gasteiger partial charge in [-0.25, -0.2) is 4.98 Å². The highest BCUT2D eigenvalue weighted by Crippen LogP contribution is 2.30. The van der Waals surface area contributed by atoms with Gasteiger partial charge in [0.15, 0.2) is 0 Å². The zero-order chi connectivity index (χ0) is 18.5. The SMILES string of the molecule is CCOC(=O)C1CCN(C(=O)Cc2csc(-c3ccccc3Cl)n2)CC1. The second kappa shape index (κ2) is 8.64. The summed E-state index contributed by atoms with van der Waals surface area (Å²) in [5.74, 6) is -0.197. The molecule has 0 bridgehead atoms. The number of nitrogens with zero attached hydrogens (tertiary/aromatic N) is 2. The minimum Gasteiger partial charge on any atom is -0.466 e. The Kier molecular flexibility index (Phi) is 6.27. The molecule has 3 rings (SSSR count). The van der Waals surface area contributed by atoms with Crippen LogP contribution >= 0.6 is 22.9 Å². The molecule has 0 aliphatic carbocycles. The first-order valence-corrected chi connectivity index (χ1v) is 9.98. The van der Waals surface area contributed by atoms with Crippen molar-refractivity contribution in [1.29, 1.82) is 0 Å². The van der Waals surface area contributed by atoms with Crippen molar-refractivity contribution < 1.29 is 14.3 Å². The van der Waals surface area contributed by atoms with Gasteiger partial charge in [-0.3, -0.25) is 9.59 Å². The number of esters is 1. The maximum atomic E-state index is 12.5. The van der Waals surface area contributed by atoms with Crippen molar-refractivity contribution in [3.8, 4) is 10.6 Å². The molecule has 7 heteroatoms. The topological polar surface area (TPSA) is 59.5 Å². The van der Waals surface area contributed by atoms with E-state index in [1.165, 1.54) is 11.3 Å². The summed E-state index contributed by atoms with van der Waals surface area (Å²) in [6.45, 7) is 3.38. The van der Waals surface area contributed by atoms with Gasteiger partial charge < -0.3 is 9.64 Å². The van der Waals surface area contributed by atoms with Gasteiger partial charge in [-0.1, -0.05) is 29.8 Å². The molecule has 1 saturated heterocycles. The summed E-state index contributed by atoms with van der Waals surface area (Å²) >= 11 is 7.70. The summed E-state index contributed by atoms with van der Waals surface area (Å²) in [5, 5.41) is 3.38. The molecule has 2 heterocycles. The van der Waals surface area contributed by atoms with E-state index in [4.69, 9.17) is 16.3 Å². The fourth-order valence-corrected chi connectivity index (χ4v) is 4.18. The van der Waals surface area contributed by atoms with Gasteiger partial charge in [-0.2, -0.15) is 0 Å². The van der Waals surface area contributed by atoms with E-state index in [0.29, 0.717) is 37.6 Å². The Hall–Kier alpha value is -1.92. The molecule has 0 atom stereocenters. The van der Waals surface area contributed by atoms with E-state index < -0.39 is 0 Å². The molecule has 0 spiro atoms. The van der Waals surface area contributed by atoms with Crippen molar-refractivity contribution in [3.63, 3.8) is 0 Å². The van der Waals surface area contributed by atoms with Gasteiger partial charge in [-0.05, 0) is 25.8 Å². The Labute approximate surface area is 161 Å². The highest BCUT2D eigenvalue weighted by Gasteiger charge is 2.28. The van der Waals surface area contributed by atoms with Crippen molar-refractivity contribution in [2.24, 2.45) is 5.92 Å². The van der Waals surface area contributed by atoms with Crippen molar-refractivity contribution in [1.82, 2.24) is 9.88 Å². The van der Waals surface area contributed by atoms with Crippen LogP contribution < -0.4 is 0 Å². The number of hydrogen-bond donors (Lipinski definition) is 0. The van der Waals surface area contributed by atoms with Crippen LogP contribution in [0.25, 0.3) is 10.6 Å². The predicted molar refractivity (Wildman–Crippen MR) is 102 cm³/mol. The molecule has 1 fully saturated rings. The number of ether oxygens (including phenoxy) is 1. The number of piperidine rings is 1. The zero-order valence-electron chi connectivity index (χ0n) is 14.6. The molecule has 26 heavy (non-hydrogen) atoms.